The molecule has 0 bridgehead atoms. The summed E-state index contributed by atoms with van der Waals surface area (Å²) in [7, 11) is 0. The molecule has 1 aromatic heterocycles. The Bertz CT molecular complexity index is 183. The maximum atomic E-state index is 5.45. The number of nitrogens with two attached hydrogens (primary N) is 1. The molecule has 0 amide bonds. The van der Waals surface area contributed by atoms with E-state index in [4.69, 9.17) is 10.5 Å². The fourth-order valence-corrected chi connectivity index (χ4v) is 0.649. The largest absolute Gasteiger partial charge is 0.490 e. The van der Waals surface area contributed by atoms with Crippen molar-refractivity contribution in [2.45, 2.75) is 6.92 Å². The van der Waals surface area contributed by atoms with Crippen molar-refractivity contribution >= 4 is 5.82 Å². The van der Waals surface area contributed by atoms with Gasteiger partial charge in [-0.3, -0.25) is 0 Å². The van der Waals surface area contributed by atoms with Gasteiger partial charge in [-0.15, -0.1) is 0 Å². The van der Waals surface area contributed by atoms with Gasteiger partial charge in [0, 0.05) is 6.20 Å². The van der Waals surface area contributed by atoms with Crippen molar-refractivity contribution in [2.75, 3.05) is 12.3 Å². The molecular formula is C6H10N2O. The lowest BCUT2D eigenvalue weighted by molar-refractivity contribution is 0.342. The van der Waals surface area contributed by atoms with E-state index in [1.165, 1.54) is 0 Å². The van der Waals surface area contributed by atoms with Crippen molar-refractivity contribution in [1.82, 2.24) is 4.98 Å². The zero-order valence-corrected chi connectivity index (χ0v) is 5.35. The normalized spacial score (nSPS) is 9.44. The van der Waals surface area contributed by atoms with E-state index < -0.39 is 0 Å². The van der Waals surface area contributed by atoms with E-state index in [1.807, 2.05) is 6.92 Å². The number of aromatic nitrogens is 1. The van der Waals surface area contributed by atoms with E-state index in [1.54, 1.807) is 12.3 Å². The van der Waals surface area contributed by atoms with Gasteiger partial charge in [0.1, 0.15) is 5.82 Å². The summed E-state index contributed by atoms with van der Waals surface area (Å²) in [5.74, 6) is 1.33. The van der Waals surface area contributed by atoms with E-state index in [-0.39, 0.29) is 0 Å². The molecule has 0 saturated heterocycles. The van der Waals surface area contributed by atoms with Crippen molar-refractivity contribution in [1.29, 1.82) is 0 Å². The molecule has 0 unspecified atom stereocenters. The first-order chi connectivity index (χ1) is 4.34. The fourth-order valence-electron chi connectivity index (χ4n) is 0.649. The quantitative estimate of drug-likeness (QED) is 0.621. The third-order valence-electron chi connectivity index (χ3n) is 1.04. The monoisotopic (exact) mass is 126 g/mol. The Balaban J connectivity index is 2.69. The molecule has 50 valence electrons. The van der Waals surface area contributed by atoms with Crippen LogP contribution in [0, 0.1) is 0 Å². The summed E-state index contributed by atoms with van der Waals surface area (Å²) >= 11 is 0. The molecule has 0 fully saturated rings. The third kappa shape index (κ3) is 1.16. The van der Waals surface area contributed by atoms with Gasteiger partial charge in [-0.1, -0.05) is 0 Å². The van der Waals surface area contributed by atoms with Gasteiger partial charge < -0.3 is 15.5 Å². The van der Waals surface area contributed by atoms with Crippen LogP contribution in [0.3, 0.4) is 0 Å². The van der Waals surface area contributed by atoms with Gasteiger partial charge in [-0.2, -0.15) is 0 Å². The highest BCUT2D eigenvalue weighted by Crippen LogP contribution is 2.17. The smallest absolute Gasteiger partial charge is 0.160 e. The number of hydrogen-bond acceptors (Lipinski definition) is 2. The van der Waals surface area contributed by atoms with Gasteiger partial charge in [-0.25, -0.2) is 0 Å². The average Bonchev–Trinajstić information content (AvgIpc) is 2.18. The molecule has 0 aliphatic carbocycles. The molecule has 0 aliphatic heterocycles. The lowest BCUT2D eigenvalue weighted by atomic mass is 10.5. The van der Waals surface area contributed by atoms with E-state index in [0.29, 0.717) is 12.4 Å². The Labute approximate surface area is 53.8 Å². The molecule has 0 radical (unpaired) electrons. The average molecular weight is 126 g/mol. The molecule has 0 aromatic carbocycles. The molecule has 0 atom stereocenters. The topological polar surface area (TPSA) is 51.0 Å². The molecule has 1 aromatic rings. The van der Waals surface area contributed by atoms with Crippen LogP contribution in [0.2, 0.25) is 0 Å². The number of hydrogen-bond donors (Lipinski definition) is 2. The second-order valence-electron chi connectivity index (χ2n) is 1.69. The molecule has 3 N–H and O–H groups in total. The third-order valence-corrected chi connectivity index (χ3v) is 1.04. The predicted molar refractivity (Wildman–Crippen MR) is 36.4 cm³/mol. The lowest BCUT2D eigenvalue weighted by Gasteiger charge is -1.98. The number of aromatic amines is 1. The summed E-state index contributed by atoms with van der Waals surface area (Å²) in [5, 5.41) is 0. The summed E-state index contributed by atoms with van der Waals surface area (Å²) in [6.07, 6.45) is 1.75. The fraction of sp³-hybridized carbons (Fsp3) is 0.333. The van der Waals surface area contributed by atoms with E-state index >= 15 is 0 Å². The molecule has 1 rings (SSSR count). The number of anilines is 1. The van der Waals surface area contributed by atoms with E-state index in [9.17, 15) is 0 Å². The van der Waals surface area contributed by atoms with Crippen LogP contribution in [0.1, 0.15) is 6.92 Å². The molecular weight excluding hydrogens is 116 g/mol. The van der Waals surface area contributed by atoms with Crippen molar-refractivity contribution < 1.29 is 4.74 Å². The standard InChI is InChI=1S/C6H10N2O/c1-2-9-5-3-4-8-6(5)7/h3-4,8H,2,7H2,1H3. The van der Waals surface area contributed by atoms with Gasteiger partial charge in [0.2, 0.25) is 0 Å². The molecule has 0 aliphatic rings. The van der Waals surface area contributed by atoms with Gasteiger partial charge in [-0.05, 0) is 13.0 Å². The minimum atomic E-state index is 0.594. The second-order valence-corrected chi connectivity index (χ2v) is 1.69. The van der Waals surface area contributed by atoms with Crippen molar-refractivity contribution in [2.24, 2.45) is 0 Å². The first kappa shape index (κ1) is 6.01. The summed E-state index contributed by atoms with van der Waals surface area (Å²) < 4.78 is 5.12. The minimum absolute atomic E-state index is 0.594. The summed E-state index contributed by atoms with van der Waals surface area (Å²) in [5.41, 5.74) is 5.45. The zero-order chi connectivity index (χ0) is 6.69. The Morgan fingerprint density at radius 3 is 3.00 bits per heavy atom. The molecule has 3 nitrogen and oxygen atoms in total. The summed E-state index contributed by atoms with van der Waals surface area (Å²) in [4.78, 5) is 2.81. The van der Waals surface area contributed by atoms with E-state index in [2.05, 4.69) is 4.98 Å². The Hall–Kier alpha value is -1.12. The molecule has 3 heteroatoms. The minimum Gasteiger partial charge on any atom is -0.490 e. The Morgan fingerprint density at radius 1 is 1.78 bits per heavy atom. The number of H-pyrrole nitrogens is 1. The molecule has 0 saturated carbocycles. The number of nitrogens with one attached hydrogen (secondary N) is 1. The second kappa shape index (κ2) is 2.44. The maximum Gasteiger partial charge on any atom is 0.160 e. The molecule has 1 heterocycles. The number of ether oxygens (including phenoxy) is 1. The van der Waals surface area contributed by atoms with Crippen LogP contribution in [0.25, 0.3) is 0 Å². The van der Waals surface area contributed by atoms with Crippen LogP contribution >= 0.6 is 0 Å². The van der Waals surface area contributed by atoms with Crippen molar-refractivity contribution in [3.05, 3.63) is 12.3 Å². The van der Waals surface area contributed by atoms with Gasteiger partial charge in [0.05, 0.1) is 6.61 Å². The Kier molecular flexibility index (Phi) is 1.63. The highest BCUT2D eigenvalue weighted by Gasteiger charge is 1.96. The van der Waals surface area contributed by atoms with Gasteiger partial charge >= 0.3 is 0 Å². The van der Waals surface area contributed by atoms with Crippen LogP contribution in [0.5, 0.6) is 5.75 Å². The molecule has 9 heavy (non-hydrogen) atoms. The van der Waals surface area contributed by atoms with Crippen molar-refractivity contribution in [3.63, 3.8) is 0 Å². The number of rotatable bonds is 2. The highest BCUT2D eigenvalue weighted by molar-refractivity contribution is 5.45. The predicted octanol–water partition coefficient (Wildman–Crippen LogP) is 0.996. The summed E-state index contributed by atoms with van der Waals surface area (Å²) in [6, 6.07) is 1.80. The SMILES string of the molecule is CCOc1cc[nH]c1N. The highest BCUT2D eigenvalue weighted by atomic mass is 16.5. The van der Waals surface area contributed by atoms with Gasteiger partial charge in [0.15, 0.2) is 5.75 Å². The van der Waals surface area contributed by atoms with Gasteiger partial charge in [0.25, 0.3) is 0 Å². The van der Waals surface area contributed by atoms with Crippen LogP contribution in [-0.2, 0) is 0 Å². The van der Waals surface area contributed by atoms with E-state index in [0.717, 1.165) is 5.75 Å². The molecule has 0 spiro atoms. The Morgan fingerprint density at radius 2 is 2.56 bits per heavy atom. The summed E-state index contributed by atoms with van der Waals surface area (Å²) in [6.45, 7) is 2.58. The zero-order valence-electron chi connectivity index (χ0n) is 5.35. The van der Waals surface area contributed by atoms with Crippen LogP contribution in [0.15, 0.2) is 12.3 Å². The first-order valence-electron chi connectivity index (χ1n) is 2.90. The van der Waals surface area contributed by atoms with Crippen LogP contribution < -0.4 is 10.5 Å². The maximum absolute atomic E-state index is 5.45. The first-order valence-corrected chi connectivity index (χ1v) is 2.90. The van der Waals surface area contributed by atoms with Crippen molar-refractivity contribution in [3.8, 4) is 5.75 Å². The van der Waals surface area contributed by atoms with Crippen LogP contribution in [0.4, 0.5) is 5.82 Å². The van der Waals surface area contributed by atoms with Crippen LogP contribution in [-0.4, -0.2) is 11.6 Å². The lowest BCUT2D eigenvalue weighted by Crippen LogP contribution is -1.93. The number of nitrogen functional groups attached to an aromatic ring is 1.